The summed E-state index contributed by atoms with van der Waals surface area (Å²) in [4.78, 5) is 2.14. The van der Waals surface area contributed by atoms with Gasteiger partial charge in [0.2, 0.25) is 10.0 Å². The lowest BCUT2D eigenvalue weighted by atomic mass is 10.1. The first-order chi connectivity index (χ1) is 19.2. The Bertz CT molecular complexity index is 1700. The van der Waals surface area contributed by atoms with Gasteiger partial charge in [-0.3, -0.25) is 4.72 Å². The van der Waals surface area contributed by atoms with E-state index in [-0.39, 0.29) is 22.6 Å². The third-order valence-electron chi connectivity index (χ3n) is 6.80. The van der Waals surface area contributed by atoms with Gasteiger partial charge in [-0.1, -0.05) is 11.8 Å². The molecule has 0 bridgehead atoms. The van der Waals surface area contributed by atoms with Gasteiger partial charge in [0.25, 0.3) is 0 Å². The number of sulfonamides is 1. The van der Waals surface area contributed by atoms with Crippen molar-refractivity contribution in [2.24, 2.45) is 0 Å². The second kappa shape index (κ2) is 11.8. The number of sulfone groups is 1. The quantitative estimate of drug-likeness (QED) is 0.371. The molecule has 0 saturated carbocycles. The molecule has 14 heteroatoms. The zero-order valence-corrected chi connectivity index (χ0v) is 24.4. The molecule has 0 aliphatic carbocycles. The number of anilines is 2. The van der Waals surface area contributed by atoms with Gasteiger partial charge in [-0.25, -0.2) is 16.8 Å². The van der Waals surface area contributed by atoms with Crippen LogP contribution < -0.4 is 14.8 Å². The van der Waals surface area contributed by atoms with Crippen LogP contribution in [0.4, 0.5) is 24.5 Å². The summed E-state index contributed by atoms with van der Waals surface area (Å²) in [5.74, 6) is 6.06. The number of hydrogen-bond acceptors (Lipinski definition) is 7. The fourth-order valence-corrected chi connectivity index (χ4v) is 6.76. The second-order valence-corrected chi connectivity index (χ2v) is 13.9. The van der Waals surface area contributed by atoms with E-state index in [0.717, 1.165) is 10.8 Å². The number of methoxy groups -OCH3 is 1. The van der Waals surface area contributed by atoms with Crippen LogP contribution >= 0.6 is 0 Å². The van der Waals surface area contributed by atoms with Gasteiger partial charge in [0, 0.05) is 29.5 Å². The van der Waals surface area contributed by atoms with Crippen molar-refractivity contribution < 1.29 is 34.7 Å². The van der Waals surface area contributed by atoms with Gasteiger partial charge < -0.3 is 19.5 Å². The standard InChI is InChI=1S/C27H31F3N4O5S2/c1-33-12-8-20(9-13-33)41(37,38)32-24-15-19(16-25-22(24)10-14-34(25)18-27(28,29)30)5-4-11-31-23-7-6-21(40(3,35)36)17-26(23)39-2/h6-7,10,14-17,20,31-32H,8-9,11-13,18H2,1-3H3. The van der Waals surface area contributed by atoms with E-state index in [1.54, 1.807) is 6.07 Å². The first-order valence-electron chi connectivity index (χ1n) is 12.7. The van der Waals surface area contributed by atoms with Crippen molar-refractivity contribution >= 4 is 42.1 Å². The number of halogens is 3. The monoisotopic (exact) mass is 612 g/mol. The summed E-state index contributed by atoms with van der Waals surface area (Å²) >= 11 is 0. The van der Waals surface area contributed by atoms with Crippen molar-refractivity contribution in [2.75, 3.05) is 50.1 Å². The lowest BCUT2D eigenvalue weighted by Crippen LogP contribution is -2.39. The SMILES string of the molecule is COc1cc(S(C)(=O)=O)ccc1NCC#Cc1cc(NS(=O)(=O)C2CCN(C)CC2)c2ccn(CC(F)(F)F)c2c1. The summed E-state index contributed by atoms with van der Waals surface area (Å²) in [5, 5.41) is 2.75. The molecule has 0 amide bonds. The number of aromatic nitrogens is 1. The molecule has 1 aromatic heterocycles. The number of nitrogens with zero attached hydrogens (tertiary/aromatic N) is 2. The van der Waals surface area contributed by atoms with Crippen molar-refractivity contribution in [3.63, 3.8) is 0 Å². The highest BCUT2D eigenvalue weighted by Crippen LogP contribution is 2.31. The Labute approximate surface area is 237 Å². The van der Waals surface area contributed by atoms with Crippen molar-refractivity contribution in [1.29, 1.82) is 0 Å². The molecule has 1 fully saturated rings. The molecule has 1 aliphatic rings. The molecule has 3 aromatic rings. The van der Waals surface area contributed by atoms with E-state index in [1.165, 1.54) is 43.6 Å². The van der Waals surface area contributed by atoms with Gasteiger partial charge >= 0.3 is 6.18 Å². The molecule has 1 saturated heterocycles. The van der Waals surface area contributed by atoms with Crippen LogP contribution in [-0.4, -0.2) is 77.8 Å². The van der Waals surface area contributed by atoms with Crippen LogP contribution in [0.2, 0.25) is 0 Å². The maximum atomic E-state index is 13.2. The van der Waals surface area contributed by atoms with E-state index in [0.29, 0.717) is 48.3 Å². The molecule has 1 aliphatic heterocycles. The Morgan fingerprint density at radius 2 is 1.76 bits per heavy atom. The fraction of sp³-hybridized carbons (Fsp3) is 0.407. The number of likely N-dealkylation sites (tertiary alicyclic amines) is 1. The van der Waals surface area contributed by atoms with Crippen molar-refractivity contribution in [2.45, 2.75) is 35.7 Å². The Morgan fingerprint density at radius 3 is 2.39 bits per heavy atom. The molecule has 4 rings (SSSR count). The molecule has 2 heterocycles. The molecule has 9 nitrogen and oxygen atoms in total. The number of hydrogen-bond donors (Lipinski definition) is 2. The maximum Gasteiger partial charge on any atom is 0.406 e. The number of alkyl halides is 3. The van der Waals surface area contributed by atoms with Gasteiger partial charge in [0.05, 0.1) is 40.7 Å². The van der Waals surface area contributed by atoms with E-state index in [4.69, 9.17) is 4.74 Å². The molecule has 222 valence electrons. The average molecular weight is 613 g/mol. The predicted octanol–water partition coefficient (Wildman–Crippen LogP) is 3.92. The van der Waals surface area contributed by atoms with Crippen molar-refractivity contribution in [1.82, 2.24) is 9.47 Å². The number of piperidine rings is 1. The van der Waals surface area contributed by atoms with E-state index in [9.17, 15) is 30.0 Å². The lowest BCUT2D eigenvalue weighted by molar-refractivity contribution is -0.139. The number of nitrogens with one attached hydrogen (secondary N) is 2. The minimum absolute atomic E-state index is 0.0901. The molecule has 2 N–H and O–H groups in total. The predicted molar refractivity (Wildman–Crippen MR) is 153 cm³/mol. The fourth-order valence-electron chi connectivity index (χ4n) is 4.65. The third kappa shape index (κ3) is 7.66. The maximum absolute atomic E-state index is 13.2. The zero-order chi connectivity index (χ0) is 30.0. The van der Waals surface area contributed by atoms with Crippen LogP contribution in [0.3, 0.4) is 0 Å². The van der Waals surface area contributed by atoms with Gasteiger partial charge in [0.1, 0.15) is 12.3 Å². The molecule has 2 aromatic carbocycles. The Morgan fingerprint density at radius 1 is 1.05 bits per heavy atom. The first kappa shape index (κ1) is 30.5. The highest BCUT2D eigenvalue weighted by molar-refractivity contribution is 7.93. The van der Waals surface area contributed by atoms with Gasteiger partial charge in [-0.05, 0) is 63.3 Å². The topological polar surface area (TPSA) is 110 Å². The second-order valence-electron chi connectivity index (χ2n) is 9.95. The Balaban J connectivity index is 1.62. The average Bonchev–Trinajstić information content (AvgIpc) is 3.27. The molecule has 0 atom stereocenters. The van der Waals surface area contributed by atoms with Crippen LogP contribution in [0.15, 0.2) is 47.5 Å². The summed E-state index contributed by atoms with van der Waals surface area (Å²) in [7, 11) is -3.91. The number of rotatable bonds is 8. The Hall–Kier alpha value is -3.41. The summed E-state index contributed by atoms with van der Waals surface area (Å²) in [6, 6.07) is 8.82. The van der Waals surface area contributed by atoms with Crippen molar-refractivity contribution in [3.05, 3.63) is 48.2 Å². The minimum atomic E-state index is -4.48. The largest absolute Gasteiger partial charge is 0.495 e. The molecule has 0 unspecified atom stereocenters. The van der Waals surface area contributed by atoms with Gasteiger partial charge in [-0.2, -0.15) is 13.2 Å². The van der Waals surface area contributed by atoms with Crippen LogP contribution in [0.25, 0.3) is 10.9 Å². The number of benzene rings is 2. The molecule has 41 heavy (non-hydrogen) atoms. The number of fused-ring (bicyclic) bond motifs is 1. The van der Waals surface area contributed by atoms with Crippen LogP contribution in [-0.2, 0) is 26.4 Å². The third-order valence-corrected chi connectivity index (χ3v) is 9.76. The number of ether oxygens (including phenoxy) is 1. The van der Waals surface area contributed by atoms with Crippen LogP contribution in [0.1, 0.15) is 18.4 Å². The van der Waals surface area contributed by atoms with E-state index in [1.807, 2.05) is 11.9 Å². The van der Waals surface area contributed by atoms with Crippen LogP contribution in [0, 0.1) is 11.8 Å². The summed E-state index contributed by atoms with van der Waals surface area (Å²) < 4.78 is 98.7. The van der Waals surface area contributed by atoms with E-state index in [2.05, 4.69) is 21.9 Å². The molecular weight excluding hydrogens is 581 g/mol. The van der Waals surface area contributed by atoms with Crippen molar-refractivity contribution in [3.8, 4) is 17.6 Å². The van der Waals surface area contributed by atoms with E-state index >= 15 is 0 Å². The minimum Gasteiger partial charge on any atom is -0.495 e. The Kier molecular flexibility index (Phi) is 8.81. The van der Waals surface area contributed by atoms with Crippen LogP contribution in [0.5, 0.6) is 5.75 Å². The summed E-state index contributed by atoms with van der Waals surface area (Å²) in [5.41, 5.74) is 1.18. The molecule has 0 spiro atoms. The van der Waals surface area contributed by atoms with E-state index < -0.39 is 37.8 Å². The lowest BCUT2D eigenvalue weighted by Gasteiger charge is -2.29. The smallest absolute Gasteiger partial charge is 0.406 e. The molecular formula is C27H31F3N4O5S2. The summed E-state index contributed by atoms with van der Waals surface area (Å²) in [6.45, 7) is 0.110. The summed E-state index contributed by atoms with van der Waals surface area (Å²) in [6.07, 6.45) is -1.22. The van der Waals surface area contributed by atoms with Gasteiger partial charge in [0.15, 0.2) is 9.84 Å². The molecule has 0 radical (unpaired) electrons. The highest BCUT2D eigenvalue weighted by atomic mass is 32.2. The normalized spacial score (nSPS) is 15.4. The highest BCUT2D eigenvalue weighted by Gasteiger charge is 2.31. The zero-order valence-electron chi connectivity index (χ0n) is 22.7. The van der Waals surface area contributed by atoms with Gasteiger partial charge in [-0.15, -0.1) is 0 Å². The first-order valence-corrected chi connectivity index (χ1v) is 16.1.